The van der Waals surface area contributed by atoms with Crippen molar-refractivity contribution >= 4 is 11.8 Å². The number of benzene rings is 1. The van der Waals surface area contributed by atoms with E-state index in [2.05, 4.69) is 10.6 Å². The Balaban J connectivity index is 1.79. The molecule has 6 heteroatoms. The van der Waals surface area contributed by atoms with Crippen molar-refractivity contribution < 1.29 is 18.7 Å². The van der Waals surface area contributed by atoms with Crippen LogP contribution in [0.2, 0.25) is 0 Å². The molecule has 0 bridgehead atoms. The van der Waals surface area contributed by atoms with Gasteiger partial charge in [0.05, 0.1) is 12.8 Å². The second-order valence-corrected chi connectivity index (χ2v) is 6.12. The van der Waals surface area contributed by atoms with Gasteiger partial charge in [-0.2, -0.15) is 0 Å². The quantitative estimate of drug-likeness (QED) is 0.721. The number of rotatable bonds is 8. The summed E-state index contributed by atoms with van der Waals surface area (Å²) in [6.45, 7) is 6.45. The van der Waals surface area contributed by atoms with E-state index in [1.54, 1.807) is 12.1 Å². The van der Waals surface area contributed by atoms with Crippen LogP contribution in [0.1, 0.15) is 30.0 Å². The molecule has 6 nitrogen and oxygen atoms in total. The van der Waals surface area contributed by atoms with Crippen LogP contribution in [0.4, 0.5) is 0 Å². The first-order chi connectivity index (χ1) is 12.0. The molecule has 0 spiro atoms. The average molecular weight is 344 g/mol. The highest BCUT2D eigenvalue weighted by Crippen LogP contribution is 2.11. The van der Waals surface area contributed by atoms with Crippen LogP contribution in [-0.2, 0) is 4.79 Å². The van der Waals surface area contributed by atoms with Gasteiger partial charge < -0.3 is 19.8 Å². The van der Waals surface area contributed by atoms with E-state index in [1.165, 1.54) is 6.26 Å². The number of carbonyl (C=O) groups excluding carboxylic acids is 2. The fraction of sp³-hybridized carbons (Fsp3) is 0.368. The molecule has 2 amide bonds. The number of hydrogen-bond donors (Lipinski definition) is 2. The van der Waals surface area contributed by atoms with Crippen LogP contribution in [-0.4, -0.2) is 31.0 Å². The van der Waals surface area contributed by atoms with Crippen LogP contribution in [0.15, 0.2) is 47.1 Å². The Morgan fingerprint density at radius 1 is 1.16 bits per heavy atom. The molecule has 0 aliphatic carbocycles. The third kappa shape index (κ3) is 5.67. The molecule has 2 rings (SSSR count). The van der Waals surface area contributed by atoms with E-state index >= 15 is 0 Å². The maximum Gasteiger partial charge on any atom is 0.287 e. The number of ether oxygens (including phenoxy) is 1. The number of hydrogen-bond acceptors (Lipinski definition) is 4. The Kier molecular flexibility index (Phi) is 6.62. The third-order valence-corrected chi connectivity index (χ3v) is 3.67. The van der Waals surface area contributed by atoms with Crippen LogP contribution in [0, 0.1) is 12.8 Å². The lowest BCUT2D eigenvalue weighted by atomic mass is 10.0. The van der Waals surface area contributed by atoms with Gasteiger partial charge in [0, 0.05) is 0 Å². The van der Waals surface area contributed by atoms with Crippen molar-refractivity contribution in [2.24, 2.45) is 5.92 Å². The topological polar surface area (TPSA) is 80.6 Å². The summed E-state index contributed by atoms with van der Waals surface area (Å²) < 4.78 is 10.6. The summed E-state index contributed by atoms with van der Waals surface area (Å²) >= 11 is 0. The van der Waals surface area contributed by atoms with E-state index < -0.39 is 11.9 Å². The van der Waals surface area contributed by atoms with Gasteiger partial charge >= 0.3 is 0 Å². The summed E-state index contributed by atoms with van der Waals surface area (Å²) in [5, 5.41) is 5.49. The zero-order chi connectivity index (χ0) is 18.2. The monoisotopic (exact) mass is 344 g/mol. The molecular weight excluding hydrogens is 320 g/mol. The van der Waals surface area contributed by atoms with Crippen LogP contribution in [0.25, 0.3) is 0 Å². The van der Waals surface area contributed by atoms with Gasteiger partial charge in [-0.05, 0) is 37.1 Å². The highest BCUT2D eigenvalue weighted by molar-refractivity contribution is 5.95. The van der Waals surface area contributed by atoms with Gasteiger partial charge in [-0.25, -0.2) is 0 Å². The summed E-state index contributed by atoms with van der Waals surface area (Å²) in [5.41, 5.74) is 1.16. The third-order valence-electron chi connectivity index (χ3n) is 3.67. The molecule has 1 heterocycles. The van der Waals surface area contributed by atoms with Gasteiger partial charge in [0.15, 0.2) is 5.76 Å². The molecule has 1 aromatic heterocycles. The average Bonchev–Trinajstić information content (AvgIpc) is 3.12. The second kappa shape index (κ2) is 8.92. The first-order valence-electron chi connectivity index (χ1n) is 8.29. The Morgan fingerprint density at radius 3 is 2.48 bits per heavy atom. The minimum atomic E-state index is -0.642. The fourth-order valence-corrected chi connectivity index (χ4v) is 2.24. The van der Waals surface area contributed by atoms with Crippen molar-refractivity contribution in [3.63, 3.8) is 0 Å². The van der Waals surface area contributed by atoms with E-state index in [9.17, 15) is 9.59 Å². The molecule has 2 aromatic rings. The zero-order valence-electron chi connectivity index (χ0n) is 14.7. The van der Waals surface area contributed by atoms with Crippen LogP contribution < -0.4 is 15.4 Å². The van der Waals surface area contributed by atoms with Crippen LogP contribution in [0.3, 0.4) is 0 Å². The second-order valence-electron chi connectivity index (χ2n) is 6.12. The minimum Gasteiger partial charge on any atom is -0.492 e. The van der Waals surface area contributed by atoms with Gasteiger partial charge in [0.25, 0.3) is 5.91 Å². The molecule has 0 saturated heterocycles. The van der Waals surface area contributed by atoms with Gasteiger partial charge in [-0.15, -0.1) is 0 Å². The number of carbonyl (C=O) groups is 2. The maximum absolute atomic E-state index is 12.3. The summed E-state index contributed by atoms with van der Waals surface area (Å²) in [6, 6.07) is 10.2. The Hall–Kier alpha value is -2.76. The predicted octanol–water partition coefficient (Wildman–Crippen LogP) is 2.54. The first kappa shape index (κ1) is 18.6. The van der Waals surface area contributed by atoms with E-state index in [0.717, 1.165) is 11.3 Å². The van der Waals surface area contributed by atoms with Crippen molar-refractivity contribution in [2.45, 2.75) is 26.8 Å². The molecule has 0 aliphatic heterocycles. The summed E-state index contributed by atoms with van der Waals surface area (Å²) in [7, 11) is 0. The largest absolute Gasteiger partial charge is 0.492 e. The Labute approximate surface area is 147 Å². The van der Waals surface area contributed by atoms with Crippen molar-refractivity contribution in [1.82, 2.24) is 10.6 Å². The highest BCUT2D eigenvalue weighted by Gasteiger charge is 2.25. The van der Waals surface area contributed by atoms with Gasteiger partial charge in [-0.3, -0.25) is 9.59 Å². The summed E-state index contributed by atoms with van der Waals surface area (Å²) in [5.74, 6) is 0.224. The molecule has 0 aliphatic rings. The lowest BCUT2D eigenvalue weighted by Gasteiger charge is -2.21. The highest BCUT2D eigenvalue weighted by atomic mass is 16.5. The summed E-state index contributed by atoms with van der Waals surface area (Å²) in [6.07, 6.45) is 1.42. The minimum absolute atomic E-state index is 0.0584. The van der Waals surface area contributed by atoms with E-state index in [4.69, 9.17) is 9.15 Å². The van der Waals surface area contributed by atoms with Gasteiger partial charge in [-0.1, -0.05) is 31.5 Å². The maximum atomic E-state index is 12.3. The number of furan rings is 1. The number of amides is 2. The SMILES string of the molecule is Cc1ccc(OCCNC(=O)C(NC(=O)c2ccco2)C(C)C)cc1. The number of nitrogens with one attached hydrogen (secondary N) is 2. The van der Waals surface area contributed by atoms with E-state index in [0.29, 0.717) is 13.2 Å². The van der Waals surface area contributed by atoms with Crippen molar-refractivity contribution in [3.8, 4) is 5.75 Å². The predicted molar refractivity (Wildman–Crippen MR) is 94.5 cm³/mol. The van der Waals surface area contributed by atoms with E-state index in [-0.39, 0.29) is 17.6 Å². The zero-order valence-corrected chi connectivity index (χ0v) is 14.7. The molecule has 0 fully saturated rings. The van der Waals surface area contributed by atoms with Crippen molar-refractivity contribution in [3.05, 3.63) is 54.0 Å². The lowest BCUT2D eigenvalue weighted by molar-refractivity contribution is -0.124. The molecule has 1 atom stereocenters. The molecule has 134 valence electrons. The van der Waals surface area contributed by atoms with Gasteiger partial charge in [0.1, 0.15) is 18.4 Å². The normalized spacial score (nSPS) is 11.8. The molecule has 0 radical (unpaired) electrons. The molecular formula is C19H24N2O4. The van der Waals surface area contributed by atoms with Crippen molar-refractivity contribution in [1.29, 1.82) is 0 Å². The summed E-state index contributed by atoms with van der Waals surface area (Å²) in [4.78, 5) is 24.4. The molecule has 0 saturated carbocycles. The molecule has 25 heavy (non-hydrogen) atoms. The molecule has 2 N–H and O–H groups in total. The molecule has 1 aromatic carbocycles. The van der Waals surface area contributed by atoms with Crippen molar-refractivity contribution in [2.75, 3.05) is 13.2 Å². The first-order valence-corrected chi connectivity index (χ1v) is 8.29. The fourth-order valence-electron chi connectivity index (χ4n) is 2.24. The Morgan fingerprint density at radius 2 is 1.88 bits per heavy atom. The van der Waals surface area contributed by atoms with Gasteiger partial charge in [0.2, 0.25) is 5.91 Å². The standard InChI is InChI=1S/C19H24N2O4/c1-13(2)17(21-18(22)16-5-4-11-25-16)19(23)20-10-12-24-15-8-6-14(3)7-9-15/h4-9,11,13,17H,10,12H2,1-3H3,(H,20,23)(H,21,22). The molecule has 1 unspecified atom stereocenters. The number of aryl methyl sites for hydroxylation is 1. The smallest absolute Gasteiger partial charge is 0.287 e. The lowest BCUT2D eigenvalue weighted by Crippen LogP contribution is -2.50. The van der Waals surface area contributed by atoms with Crippen LogP contribution in [0.5, 0.6) is 5.75 Å². The van der Waals surface area contributed by atoms with Crippen LogP contribution >= 0.6 is 0 Å². The van der Waals surface area contributed by atoms with E-state index in [1.807, 2.05) is 45.0 Å². The Bertz CT molecular complexity index is 678.